The highest BCUT2D eigenvalue weighted by atomic mass is 16.4. The van der Waals surface area contributed by atoms with E-state index in [0.717, 1.165) is 6.42 Å². The number of allylic oxidation sites excluding steroid dienone is 1. The lowest BCUT2D eigenvalue weighted by Crippen LogP contribution is -1.95. The number of carbonyl (C=O) groups is 1. The number of oxazole rings is 1. The van der Waals surface area contributed by atoms with Crippen molar-refractivity contribution in [3.05, 3.63) is 30.0 Å². The molecule has 1 heterocycles. The van der Waals surface area contributed by atoms with Crippen molar-refractivity contribution >= 4 is 5.97 Å². The number of aromatic nitrogens is 1. The topological polar surface area (TPSA) is 63.3 Å². The number of nitrogens with zero attached hydrogens (tertiary/aromatic N) is 1. The van der Waals surface area contributed by atoms with Crippen molar-refractivity contribution in [3.8, 4) is 0 Å². The van der Waals surface area contributed by atoms with Gasteiger partial charge in [0.25, 0.3) is 0 Å². The maximum Gasteiger partial charge on any atom is 0.373 e. The fourth-order valence-corrected chi connectivity index (χ4v) is 0.983. The lowest BCUT2D eigenvalue weighted by atomic mass is 10.3. The van der Waals surface area contributed by atoms with Crippen LogP contribution in [-0.2, 0) is 6.42 Å². The van der Waals surface area contributed by atoms with Crippen LogP contribution in [0.4, 0.5) is 0 Å². The zero-order chi connectivity index (χ0) is 9.84. The van der Waals surface area contributed by atoms with Crippen LogP contribution in [0.15, 0.2) is 17.1 Å². The molecule has 70 valence electrons. The van der Waals surface area contributed by atoms with Crippen LogP contribution in [0.1, 0.15) is 28.6 Å². The standard InChI is InChI=1S/C9H11NO3/c1-3-4-5-7-10-6(2)8(13-7)9(11)12/h3H,1,4-5H2,2H3,(H,11,12). The molecule has 1 aromatic rings. The van der Waals surface area contributed by atoms with Crippen molar-refractivity contribution in [3.63, 3.8) is 0 Å². The Balaban J connectivity index is 2.82. The van der Waals surface area contributed by atoms with Gasteiger partial charge in [0.05, 0.1) is 5.69 Å². The van der Waals surface area contributed by atoms with E-state index in [9.17, 15) is 4.79 Å². The summed E-state index contributed by atoms with van der Waals surface area (Å²) in [6.07, 6.45) is 3.07. The third kappa shape index (κ3) is 2.18. The summed E-state index contributed by atoms with van der Waals surface area (Å²) in [5.74, 6) is -0.691. The van der Waals surface area contributed by atoms with Crippen LogP contribution in [0.5, 0.6) is 0 Å². The van der Waals surface area contributed by atoms with E-state index in [1.807, 2.05) is 0 Å². The smallest absolute Gasteiger partial charge is 0.373 e. The van der Waals surface area contributed by atoms with Crippen molar-refractivity contribution in [2.24, 2.45) is 0 Å². The number of rotatable bonds is 4. The lowest BCUT2D eigenvalue weighted by Gasteiger charge is -1.88. The van der Waals surface area contributed by atoms with Gasteiger partial charge in [-0.15, -0.1) is 6.58 Å². The molecule has 4 heteroatoms. The highest BCUT2D eigenvalue weighted by Crippen LogP contribution is 2.11. The highest BCUT2D eigenvalue weighted by Gasteiger charge is 2.15. The van der Waals surface area contributed by atoms with Gasteiger partial charge in [-0.2, -0.15) is 0 Å². The van der Waals surface area contributed by atoms with Crippen LogP contribution in [0.3, 0.4) is 0 Å². The fraction of sp³-hybridized carbons (Fsp3) is 0.333. The lowest BCUT2D eigenvalue weighted by molar-refractivity contribution is 0.0659. The van der Waals surface area contributed by atoms with Crippen LogP contribution in [0.25, 0.3) is 0 Å². The van der Waals surface area contributed by atoms with Crippen LogP contribution in [-0.4, -0.2) is 16.1 Å². The van der Waals surface area contributed by atoms with Crippen molar-refractivity contribution in [2.45, 2.75) is 19.8 Å². The molecule has 0 unspecified atom stereocenters. The minimum absolute atomic E-state index is 0.0703. The molecule has 4 nitrogen and oxygen atoms in total. The molecule has 0 saturated carbocycles. The number of hydrogen-bond acceptors (Lipinski definition) is 3. The van der Waals surface area contributed by atoms with Gasteiger partial charge in [-0.05, 0) is 13.3 Å². The Kier molecular flexibility index (Phi) is 2.84. The molecule has 0 amide bonds. The Hall–Kier alpha value is -1.58. The molecule has 0 spiro atoms. The monoisotopic (exact) mass is 181 g/mol. The van der Waals surface area contributed by atoms with Crippen molar-refractivity contribution in [1.82, 2.24) is 4.98 Å². The molecule has 1 rings (SSSR count). The maximum atomic E-state index is 10.6. The fourth-order valence-electron chi connectivity index (χ4n) is 0.983. The van der Waals surface area contributed by atoms with E-state index >= 15 is 0 Å². The molecule has 0 saturated heterocycles. The van der Waals surface area contributed by atoms with Crippen LogP contribution in [0, 0.1) is 6.92 Å². The Morgan fingerprint density at radius 3 is 2.92 bits per heavy atom. The van der Waals surface area contributed by atoms with E-state index in [-0.39, 0.29) is 5.76 Å². The van der Waals surface area contributed by atoms with Gasteiger partial charge in [0.2, 0.25) is 5.76 Å². The van der Waals surface area contributed by atoms with Crippen LogP contribution >= 0.6 is 0 Å². The first-order chi connectivity index (χ1) is 6.15. The molecule has 0 aromatic carbocycles. The molecule has 13 heavy (non-hydrogen) atoms. The third-order valence-electron chi connectivity index (χ3n) is 1.60. The normalized spacial score (nSPS) is 9.92. The molecule has 0 atom stereocenters. The van der Waals surface area contributed by atoms with Gasteiger partial charge < -0.3 is 9.52 Å². The minimum Gasteiger partial charge on any atom is -0.475 e. The number of carboxylic acid groups (broad SMARTS) is 1. The van der Waals surface area contributed by atoms with Gasteiger partial charge in [0.15, 0.2) is 5.89 Å². The summed E-state index contributed by atoms with van der Waals surface area (Å²) in [5, 5.41) is 8.65. The van der Waals surface area contributed by atoms with E-state index in [4.69, 9.17) is 9.52 Å². The molecule has 0 aliphatic rings. The molecule has 0 bridgehead atoms. The van der Waals surface area contributed by atoms with E-state index in [0.29, 0.717) is 18.0 Å². The molecule has 0 radical (unpaired) electrons. The predicted octanol–water partition coefficient (Wildman–Crippen LogP) is 1.80. The molecule has 0 aliphatic carbocycles. The van der Waals surface area contributed by atoms with Crippen molar-refractivity contribution in [2.75, 3.05) is 0 Å². The third-order valence-corrected chi connectivity index (χ3v) is 1.60. The summed E-state index contributed by atoms with van der Waals surface area (Å²) in [6.45, 7) is 5.17. The Morgan fingerprint density at radius 1 is 1.77 bits per heavy atom. The second-order valence-corrected chi connectivity index (χ2v) is 2.65. The predicted molar refractivity (Wildman–Crippen MR) is 46.7 cm³/mol. The van der Waals surface area contributed by atoms with E-state index < -0.39 is 5.97 Å². The SMILES string of the molecule is C=CCCc1nc(C)c(C(=O)O)o1. The van der Waals surface area contributed by atoms with Crippen molar-refractivity contribution < 1.29 is 14.3 Å². The van der Waals surface area contributed by atoms with E-state index in [1.165, 1.54) is 0 Å². The minimum atomic E-state index is -1.07. The molecular formula is C9H11NO3. The van der Waals surface area contributed by atoms with Gasteiger partial charge in [-0.3, -0.25) is 0 Å². The molecule has 0 aliphatic heterocycles. The van der Waals surface area contributed by atoms with Gasteiger partial charge in [-0.25, -0.2) is 9.78 Å². The summed E-state index contributed by atoms with van der Waals surface area (Å²) in [7, 11) is 0. The quantitative estimate of drug-likeness (QED) is 0.719. The molecular weight excluding hydrogens is 170 g/mol. The first kappa shape index (κ1) is 9.51. The van der Waals surface area contributed by atoms with Crippen LogP contribution < -0.4 is 0 Å². The average molecular weight is 181 g/mol. The summed E-state index contributed by atoms with van der Waals surface area (Å²) < 4.78 is 5.02. The van der Waals surface area contributed by atoms with E-state index in [2.05, 4.69) is 11.6 Å². The Bertz CT molecular complexity index is 328. The maximum absolute atomic E-state index is 10.6. The van der Waals surface area contributed by atoms with Crippen LogP contribution in [0.2, 0.25) is 0 Å². The summed E-state index contributed by atoms with van der Waals surface area (Å²) in [4.78, 5) is 14.5. The largest absolute Gasteiger partial charge is 0.475 e. The zero-order valence-electron chi connectivity index (χ0n) is 7.41. The van der Waals surface area contributed by atoms with Gasteiger partial charge in [0.1, 0.15) is 0 Å². The average Bonchev–Trinajstić information content (AvgIpc) is 2.43. The molecule has 1 N–H and O–H groups in total. The number of aryl methyl sites for hydroxylation is 2. The summed E-state index contributed by atoms with van der Waals surface area (Å²) in [5.41, 5.74) is 0.423. The van der Waals surface area contributed by atoms with E-state index in [1.54, 1.807) is 13.0 Å². The Labute approximate surface area is 75.9 Å². The zero-order valence-corrected chi connectivity index (χ0v) is 7.41. The summed E-state index contributed by atoms with van der Waals surface area (Å²) in [6, 6.07) is 0. The van der Waals surface area contributed by atoms with Gasteiger partial charge >= 0.3 is 5.97 Å². The first-order valence-electron chi connectivity index (χ1n) is 3.95. The Morgan fingerprint density at radius 2 is 2.46 bits per heavy atom. The molecule has 1 aromatic heterocycles. The first-order valence-corrected chi connectivity index (χ1v) is 3.95. The molecule has 0 fully saturated rings. The second-order valence-electron chi connectivity index (χ2n) is 2.65. The number of aromatic carboxylic acids is 1. The van der Waals surface area contributed by atoms with Gasteiger partial charge in [-0.1, -0.05) is 6.08 Å². The summed E-state index contributed by atoms with van der Waals surface area (Å²) >= 11 is 0. The van der Waals surface area contributed by atoms with Gasteiger partial charge in [0, 0.05) is 6.42 Å². The number of hydrogen-bond donors (Lipinski definition) is 1. The number of carboxylic acids is 1. The second kappa shape index (κ2) is 3.89. The highest BCUT2D eigenvalue weighted by molar-refractivity contribution is 5.85. The van der Waals surface area contributed by atoms with Crippen molar-refractivity contribution in [1.29, 1.82) is 0 Å².